The lowest BCUT2D eigenvalue weighted by Gasteiger charge is -2.34. The van der Waals surface area contributed by atoms with Crippen molar-refractivity contribution in [2.45, 2.75) is 84.2 Å². The third-order valence-corrected chi connectivity index (χ3v) is 5.90. The lowest BCUT2D eigenvalue weighted by Crippen LogP contribution is -2.51. The van der Waals surface area contributed by atoms with Gasteiger partial charge in [-0.05, 0) is 66.1 Å². The summed E-state index contributed by atoms with van der Waals surface area (Å²) in [5, 5.41) is 3.02. The van der Waals surface area contributed by atoms with Crippen LogP contribution in [-0.2, 0) is 9.31 Å². The molecular formula is C22H35BN2O4. The molecule has 2 heterocycles. The first-order chi connectivity index (χ1) is 13.4. The summed E-state index contributed by atoms with van der Waals surface area (Å²) in [7, 11) is -0.397. The molecule has 0 aromatic heterocycles. The summed E-state index contributed by atoms with van der Waals surface area (Å²) in [4.78, 5) is 14.2. The topological polar surface area (TPSA) is 60.0 Å². The maximum Gasteiger partial charge on any atom is 0.494 e. The van der Waals surface area contributed by atoms with Crippen LogP contribution in [0.1, 0.15) is 61.3 Å². The van der Waals surface area contributed by atoms with Gasteiger partial charge >= 0.3 is 13.1 Å². The standard InChI is InChI=1S/C22H35BN2O4/c1-20(2,3)24-19(26)25-13-11-17(12-14-25)27-18-10-8-9-16(15-18)23-28-21(4,5)22(6,7)29-23/h8-10,15,17H,11-14H2,1-7H3,(H,24,26). The van der Waals surface area contributed by atoms with Crippen LogP contribution < -0.4 is 15.5 Å². The SMILES string of the molecule is CC(C)(C)NC(=O)N1CCC(Oc2cccc(B3OC(C)(C)C(C)(C)O3)c2)CC1. The molecule has 0 spiro atoms. The van der Waals surface area contributed by atoms with Crippen molar-refractivity contribution in [3.8, 4) is 5.75 Å². The number of ether oxygens (including phenoxy) is 1. The van der Waals surface area contributed by atoms with E-state index in [1.54, 1.807) is 0 Å². The molecule has 1 N–H and O–H groups in total. The number of piperidine rings is 1. The number of hydrogen-bond acceptors (Lipinski definition) is 4. The third-order valence-electron chi connectivity index (χ3n) is 5.90. The van der Waals surface area contributed by atoms with Crippen molar-refractivity contribution in [3.63, 3.8) is 0 Å². The number of likely N-dealkylation sites (tertiary alicyclic amines) is 1. The Labute approximate surface area is 175 Å². The van der Waals surface area contributed by atoms with Crippen LogP contribution in [-0.4, -0.2) is 54.0 Å². The van der Waals surface area contributed by atoms with Gasteiger partial charge in [0.1, 0.15) is 11.9 Å². The molecule has 160 valence electrons. The quantitative estimate of drug-likeness (QED) is 0.788. The zero-order chi connectivity index (χ0) is 21.4. The Morgan fingerprint density at radius 3 is 2.28 bits per heavy atom. The summed E-state index contributed by atoms with van der Waals surface area (Å²) in [6.07, 6.45) is 1.73. The second-order valence-electron chi connectivity index (χ2n) is 10.1. The van der Waals surface area contributed by atoms with E-state index < -0.39 is 7.12 Å². The molecule has 1 aromatic carbocycles. The van der Waals surface area contributed by atoms with Crippen LogP contribution in [0.15, 0.2) is 24.3 Å². The number of amides is 2. The number of nitrogens with zero attached hydrogens (tertiary/aromatic N) is 1. The Balaban J connectivity index is 1.56. The monoisotopic (exact) mass is 402 g/mol. The molecule has 2 amide bonds. The molecule has 2 aliphatic rings. The van der Waals surface area contributed by atoms with Crippen molar-refractivity contribution in [3.05, 3.63) is 24.3 Å². The highest BCUT2D eigenvalue weighted by Gasteiger charge is 2.51. The highest BCUT2D eigenvalue weighted by atomic mass is 16.7. The third kappa shape index (κ3) is 5.26. The maximum atomic E-state index is 12.3. The van der Waals surface area contributed by atoms with Gasteiger partial charge in [0.15, 0.2) is 0 Å². The van der Waals surface area contributed by atoms with Crippen molar-refractivity contribution >= 4 is 18.6 Å². The fourth-order valence-electron chi connectivity index (χ4n) is 3.48. The fourth-order valence-corrected chi connectivity index (χ4v) is 3.48. The van der Waals surface area contributed by atoms with E-state index in [1.807, 2.05) is 49.9 Å². The predicted molar refractivity (Wildman–Crippen MR) is 116 cm³/mol. The summed E-state index contributed by atoms with van der Waals surface area (Å²) in [5.41, 5.74) is 0.00524. The van der Waals surface area contributed by atoms with Gasteiger partial charge < -0.3 is 24.3 Å². The minimum absolute atomic E-state index is 0.00120. The van der Waals surface area contributed by atoms with E-state index >= 15 is 0 Å². The molecule has 2 fully saturated rings. The molecule has 29 heavy (non-hydrogen) atoms. The van der Waals surface area contributed by atoms with Gasteiger partial charge in [-0.15, -0.1) is 0 Å². The molecule has 0 unspecified atom stereocenters. The second-order valence-corrected chi connectivity index (χ2v) is 10.1. The molecule has 0 bridgehead atoms. The van der Waals surface area contributed by atoms with E-state index in [4.69, 9.17) is 14.0 Å². The fraction of sp³-hybridized carbons (Fsp3) is 0.682. The highest BCUT2D eigenvalue weighted by Crippen LogP contribution is 2.36. The molecule has 2 saturated heterocycles. The van der Waals surface area contributed by atoms with Crippen LogP contribution in [0.3, 0.4) is 0 Å². The van der Waals surface area contributed by atoms with Crippen molar-refractivity contribution < 1.29 is 18.8 Å². The van der Waals surface area contributed by atoms with Crippen molar-refractivity contribution in [1.29, 1.82) is 0 Å². The van der Waals surface area contributed by atoms with Crippen molar-refractivity contribution in [2.24, 2.45) is 0 Å². The first-order valence-corrected chi connectivity index (χ1v) is 10.6. The summed E-state index contributed by atoms with van der Waals surface area (Å²) in [6.45, 7) is 15.6. The molecule has 0 saturated carbocycles. The van der Waals surface area contributed by atoms with Gasteiger partial charge in [-0.1, -0.05) is 12.1 Å². The van der Waals surface area contributed by atoms with Crippen LogP contribution in [0.5, 0.6) is 5.75 Å². The van der Waals surface area contributed by atoms with Gasteiger partial charge in [0.25, 0.3) is 0 Å². The van der Waals surface area contributed by atoms with E-state index in [2.05, 4.69) is 33.0 Å². The predicted octanol–water partition coefficient (Wildman–Crippen LogP) is 3.34. The molecule has 0 aliphatic carbocycles. The highest BCUT2D eigenvalue weighted by molar-refractivity contribution is 6.62. The smallest absolute Gasteiger partial charge is 0.490 e. The maximum absolute atomic E-state index is 12.3. The van der Waals surface area contributed by atoms with Crippen molar-refractivity contribution in [1.82, 2.24) is 10.2 Å². The Morgan fingerprint density at radius 1 is 1.14 bits per heavy atom. The second kappa shape index (κ2) is 7.84. The summed E-state index contributed by atoms with van der Waals surface area (Å²) in [6, 6.07) is 7.95. The van der Waals surface area contributed by atoms with Crippen LogP contribution in [0, 0.1) is 0 Å². The number of carbonyl (C=O) groups excluding carboxylic acids is 1. The van der Waals surface area contributed by atoms with E-state index in [1.165, 1.54) is 0 Å². The normalized spacial score (nSPS) is 21.9. The van der Waals surface area contributed by atoms with Gasteiger partial charge in [0.05, 0.1) is 11.2 Å². The van der Waals surface area contributed by atoms with Crippen LogP contribution >= 0.6 is 0 Å². The Morgan fingerprint density at radius 2 is 1.72 bits per heavy atom. The lowest BCUT2D eigenvalue weighted by molar-refractivity contribution is 0.00578. The lowest BCUT2D eigenvalue weighted by atomic mass is 9.79. The summed E-state index contributed by atoms with van der Waals surface area (Å²) in [5.74, 6) is 0.815. The Kier molecular flexibility index (Phi) is 5.94. The number of rotatable bonds is 3. The molecule has 0 radical (unpaired) electrons. The molecule has 6 nitrogen and oxygen atoms in total. The molecule has 7 heteroatoms. The van der Waals surface area contributed by atoms with Crippen LogP contribution in [0.25, 0.3) is 0 Å². The first kappa shape index (κ1) is 22.0. The molecule has 2 aliphatic heterocycles. The largest absolute Gasteiger partial charge is 0.494 e. The summed E-state index contributed by atoms with van der Waals surface area (Å²) >= 11 is 0. The zero-order valence-electron chi connectivity index (χ0n) is 18.9. The molecular weight excluding hydrogens is 367 g/mol. The Bertz CT molecular complexity index is 721. The van der Waals surface area contributed by atoms with Gasteiger partial charge in [-0.25, -0.2) is 4.79 Å². The Hall–Kier alpha value is -1.73. The number of benzene rings is 1. The minimum Gasteiger partial charge on any atom is -0.490 e. The minimum atomic E-state index is -0.397. The van der Waals surface area contributed by atoms with Gasteiger partial charge in [0.2, 0.25) is 0 Å². The van der Waals surface area contributed by atoms with E-state index in [0.717, 1.165) is 24.1 Å². The van der Waals surface area contributed by atoms with Gasteiger partial charge in [0, 0.05) is 31.5 Å². The van der Waals surface area contributed by atoms with Gasteiger partial charge in [-0.2, -0.15) is 0 Å². The number of carbonyl (C=O) groups is 1. The number of hydrogen-bond donors (Lipinski definition) is 1. The first-order valence-electron chi connectivity index (χ1n) is 10.6. The molecule has 0 atom stereocenters. The zero-order valence-corrected chi connectivity index (χ0v) is 18.9. The summed E-state index contributed by atoms with van der Waals surface area (Å²) < 4.78 is 18.5. The van der Waals surface area contributed by atoms with Crippen LogP contribution in [0.2, 0.25) is 0 Å². The average molecular weight is 402 g/mol. The van der Waals surface area contributed by atoms with Crippen molar-refractivity contribution in [2.75, 3.05) is 13.1 Å². The number of nitrogens with one attached hydrogen (secondary N) is 1. The average Bonchev–Trinajstić information content (AvgIpc) is 2.82. The molecule has 3 rings (SSSR count). The number of urea groups is 1. The van der Waals surface area contributed by atoms with E-state index in [9.17, 15) is 4.79 Å². The molecule has 1 aromatic rings. The van der Waals surface area contributed by atoms with E-state index in [-0.39, 0.29) is 28.9 Å². The van der Waals surface area contributed by atoms with Crippen LogP contribution in [0.4, 0.5) is 4.79 Å². The van der Waals surface area contributed by atoms with Gasteiger partial charge in [-0.3, -0.25) is 0 Å². The van der Waals surface area contributed by atoms with E-state index in [0.29, 0.717) is 13.1 Å².